The Hall–Kier alpha value is -3.58. The van der Waals surface area contributed by atoms with E-state index in [0.717, 1.165) is 10.5 Å². The van der Waals surface area contributed by atoms with Crippen molar-refractivity contribution in [2.75, 3.05) is 18.5 Å². The molecule has 3 rings (SSSR count). The zero-order valence-electron chi connectivity index (χ0n) is 22.4. The van der Waals surface area contributed by atoms with E-state index in [4.69, 9.17) is 19.9 Å². The van der Waals surface area contributed by atoms with Crippen LogP contribution < -0.4 is 21.1 Å². The van der Waals surface area contributed by atoms with Crippen LogP contribution in [-0.4, -0.2) is 54.2 Å². The van der Waals surface area contributed by atoms with Crippen molar-refractivity contribution < 1.29 is 37.8 Å². The lowest BCUT2D eigenvalue weighted by Gasteiger charge is -2.16. The molecule has 11 nitrogen and oxygen atoms in total. The molecular formula is C27H32BrFN4O7. The van der Waals surface area contributed by atoms with E-state index in [-0.39, 0.29) is 54.6 Å². The van der Waals surface area contributed by atoms with Gasteiger partial charge in [-0.05, 0) is 52.5 Å². The second kappa shape index (κ2) is 14.2. The van der Waals surface area contributed by atoms with Gasteiger partial charge in [0.25, 0.3) is 0 Å². The maximum atomic E-state index is 15.0. The Labute approximate surface area is 239 Å². The minimum absolute atomic E-state index is 0.0000743. The molecule has 1 unspecified atom stereocenters. The molecule has 216 valence electrons. The average molecular weight is 623 g/mol. The number of hydrogen-bond acceptors (Lipinski definition) is 9. The molecule has 0 saturated heterocycles. The molecule has 1 aromatic heterocycles. The zero-order valence-corrected chi connectivity index (χ0v) is 24.0. The quantitative estimate of drug-likeness (QED) is 0.132. The Kier molecular flexibility index (Phi) is 11.0. The van der Waals surface area contributed by atoms with Crippen LogP contribution in [0.4, 0.5) is 19.8 Å². The topological polar surface area (TPSA) is 159 Å². The molecule has 2 aromatic rings. The van der Waals surface area contributed by atoms with Crippen LogP contribution >= 0.6 is 15.9 Å². The van der Waals surface area contributed by atoms with E-state index in [0.29, 0.717) is 12.2 Å². The summed E-state index contributed by atoms with van der Waals surface area (Å²) in [6, 6.07) is 3.94. The van der Waals surface area contributed by atoms with Crippen LogP contribution in [0.2, 0.25) is 0 Å². The van der Waals surface area contributed by atoms with E-state index in [9.17, 15) is 19.2 Å². The summed E-state index contributed by atoms with van der Waals surface area (Å²) in [5.41, 5.74) is 5.75. The summed E-state index contributed by atoms with van der Waals surface area (Å²) in [5, 5.41) is 5.32. The lowest BCUT2D eigenvalue weighted by Crippen LogP contribution is -2.37. The fraction of sp³-hybridized carbons (Fsp3) is 0.444. The zero-order chi connectivity index (χ0) is 29.4. The normalized spacial score (nSPS) is 16.6. The molecule has 0 spiro atoms. The molecule has 1 saturated carbocycles. The molecule has 1 aromatic carbocycles. The van der Waals surface area contributed by atoms with Gasteiger partial charge in [-0.1, -0.05) is 20.8 Å². The van der Waals surface area contributed by atoms with Gasteiger partial charge in [-0.15, -0.1) is 0 Å². The lowest BCUT2D eigenvalue weighted by molar-refractivity contribution is -0.146. The van der Waals surface area contributed by atoms with E-state index in [1.165, 1.54) is 12.3 Å². The molecule has 40 heavy (non-hydrogen) atoms. The number of ketones is 1. The summed E-state index contributed by atoms with van der Waals surface area (Å²) in [4.78, 5) is 53.3. The molecule has 13 heteroatoms. The maximum absolute atomic E-state index is 15.0. The minimum Gasteiger partial charge on any atom is -0.464 e. The van der Waals surface area contributed by atoms with Crippen LogP contribution in [0.15, 0.2) is 34.9 Å². The van der Waals surface area contributed by atoms with Gasteiger partial charge in [0.2, 0.25) is 0 Å². The van der Waals surface area contributed by atoms with Crippen LogP contribution in [0.5, 0.6) is 5.75 Å². The Morgan fingerprint density at radius 1 is 1.15 bits per heavy atom. The number of carbonyl (C=O) groups excluding carboxylic acids is 4. The van der Waals surface area contributed by atoms with Crippen LogP contribution in [0.3, 0.4) is 0 Å². The van der Waals surface area contributed by atoms with E-state index in [1.807, 2.05) is 0 Å². The van der Waals surface area contributed by atoms with Gasteiger partial charge in [-0.25, -0.2) is 19.0 Å². The molecule has 1 aliphatic carbocycles. The van der Waals surface area contributed by atoms with Gasteiger partial charge >= 0.3 is 18.2 Å². The number of halogens is 2. The highest BCUT2D eigenvalue weighted by Gasteiger charge is 2.44. The highest BCUT2D eigenvalue weighted by molar-refractivity contribution is 9.10. The Balaban J connectivity index is 1.63. The molecule has 0 aliphatic heterocycles. The third kappa shape index (κ3) is 8.46. The van der Waals surface area contributed by atoms with E-state index >= 15 is 4.39 Å². The average Bonchev–Trinajstić information content (AvgIpc) is 3.66. The number of nitrogens with zero attached hydrogens (tertiary/aromatic N) is 1. The van der Waals surface area contributed by atoms with Gasteiger partial charge < -0.3 is 25.3 Å². The molecule has 3 atom stereocenters. The lowest BCUT2D eigenvalue weighted by atomic mass is 10.00. The molecule has 0 bridgehead atoms. The number of aromatic nitrogens is 1. The molecular weight excluding hydrogens is 591 g/mol. The monoisotopic (exact) mass is 622 g/mol. The first-order chi connectivity index (χ1) is 19.0. The molecule has 0 radical (unpaired) electrons. The minimum atomic E-state index is -1.15. The van der Waals surface area contributed by atoms with Crippen LogP contribution in [0, 0.1) is 11.7 Å². The molecule has 4 N–H and O–H groups in total. The number of Topliss-reactive ketones (excluding diaryl/α,β-unsaturated/α-hetero) is 1. The second-order valence-corrected chi connectivity index (χ2v) is 10.4. The first-order valence-corrected chi connectivity index (χ1v) is 13.6. The van der Waals surface area contributed by atoms with Crippen molar-refractivity contribution in [3.63, 3.8) is 0 Å². The molecule has 1 fully saturated rings. The van der Waals surface area contributed by atoms with Crippen molar-refractivity contribution in [3.8, 4) is 5.75 Å². The van der Waals surface area contributed by atoms with Crippen LogP contribution in [-0.2, 0) is 14.3 Å². The van der Waals surface area contributed by atoms with Crippen LogP contribution in [0.25, 0.3) is 0 Å². The van der Waals surface area contributed by atoms with Gasteiger partial charge in [-0.3, -0.25) is 14.9 Å². The third-order valence-electron chi connectivity index (χ3n) is 6.14. The van der Waals surface area contributed by atoms with E-state index < -0.39 is 42.0 Å². The second-order valence-electron chi connectivity index (χ2n) is 9.51. The standard InChI is InChI=1S/C27H32BrFN4O7/c1-4-20(34)16-7-8-18(29)22(17-12-19(17)32-26(36)33-21-9-6-15(28)13-31-21)24(16)40-27(37)39-11-5-10-38-25(35)23(30)14(2)3/h6-9,13-14,17,19,23H,4-5,10-12,30H2,1-3H3,(H2,31,32,33,36)/t17-,19+,23?/m1/s1. The smallest absolute Gasteiger partial charge is 0.464 e. The number of nitrogens with two attached hydrogens (primary N) is 1. The van der Waals surface area contributed by atoms with Gasteiger partial charge in [0, 0.05) is 41.0 Å². The summed E-state index contributed by atoms with van der Waals surface area (Å²) in [7, 11) is 0. The number of benzene rings is 1. The third-order valence-corrected chi connectivity index (χ3v) is 6.61. The number of nitrogens with one attached hydrogen (secondary N) is 2. The summed E-state index contributed by atoms with van der Waals surface area (Å²) < 4.78 is 31.2. The predicted octanol–water partition coefficient (Wildman–Crippen LogP) is 4.69. The number of ether oxygens (including phenoxy) is 3. The van der Waals surface area contributed by atoms with Crippen molar-refractivity contribution in [1.82, 2.24) is 10.3 Å². The molecule has 1 aliphatic rings. The summed E-state index contributed by atoms with van der Waals surface area (Å²) in [6.07, 6.45) is 1.01. The fourth-order valence-electron chi connectivity index (χ4n) is 3.75. The van der Waals surface area contributed by atoms with E-state index in [2.05, 4.69) is 31.5 Å². The largest absolute Gasteiger partial charge is 0.513 e. The summed E-state index contributed by atoms with van der Waals surface area (Å²) in [6.45, 7) is 5.04. The van der Waals surface area contributed by atoms with Gasteiger partial charge in [0.1, 0.15) is 17.7 Å². The van der Waals surface area contributed by atoms with Crippen molar-refractivity contribution >= 4 is 45.7 Å². The number of esters is 1. The maximum Gasteiger partial charge on any atom is 0.513 e. The molecule has 2 amide bonds. The van der Waals surface area contributed by atoms with Gasteiger partial charge in [-0.2, -0.15) is 0 Å². The fourth-order valence-corrected chi connectivity index (χ4v) is 3.99. The first-order valence-electron chi connectivity index (χ1n) is 12.8. The van der Waals surface area contributed by atoms with Gasteiger partial charge in [0.05, 0.1) is 18.8 Å². The van der Waals surface area contributed by atoms with Gasteiger partial charge in [0.15, 0.2) is 11.5 Å². The molecule has 1 heterocycles. The van der Waals surface area contributed by atoms with Crippen molar-refractivity contribution in [2.45, 2.75) is 58.0 Å². The van der Waals surface area contributed by atoms with E-state index in [1.54, 1.807) is 32.9 Å². The highest BCUT2D eigenvalue weighted by atomic mass is 79.9. The predicted molar refractivity (Wildman–Crippen MR) is 147 cm³/mol. The Morgan fingerprint density at radius 3 is 2.52 bits per heavy atom. The number of pyridine rings is 1. The number of urea groups is 1. The number of amides is 2. The van der Waals surface area contributed by atoms with Crippen LogP contribution in [0.1, 0.15) is 61.9 Å². The SMILES string of the molecule is CCC(=O)c1ccc(F)c([C@@H]2C[C@@H]2NC(=O)Nc2ccc(Br)cn2)c1OC(=O)OCCCOC(=O)C(N)C(C)C. The highest BCUT2D eigenvalue weighted by Crippen LogP contribution is 2.47. The van der Waals surface area contributed by atoms with Crippen molar-refractivity contribution in [3.05, 3.63) is 51.9 Å². The summed E-state index contributed by atoms with van der Waals surface area (Å²) >= 11 is 3.26. The van der Waals surface area contributed by atoms with Crippen molar-refractivity contribution in [1.29, 1.82) is 0 Å². The number of rotatable bonds is 12. The number of hydrogen-bond donors (Lipinski definition) is 3. The Morgan fingerprint density at radius 2 is 1.88 bits per heavy atom. The first kappa shape index (κ1) is 31.0. The number of anilines is 1. The summed E-state index contributed by atoms with van der Waals surface area (Å²) in [5.74, 6) is -2.15. The van der Waals surface area contributed by atoms with Crippen molar-refractivity contribution in [2.24, 2.45) is 11.7 Å². The Bertz CT molecular complexity index is 1240. The number of carbonyl (C=O) groups is 4.